The van der Waals surface area contributed by atoms with Crippen LogP contribution in [0.25, 0.3) is 0 Å². The molecule has 2 amide bonds. The summed E-state index contributed by atoms with van der Waals surface area (Å²) in [4.78, 5) is 24.8. The minimum absolute atomic E-state index is 0.146. The molecule has 29 heavy (non-hydrogen) atoms. The fourth-order valence-electron chi connectivity index (χ4n) is 2.53. The summed E-state index contributed by atoms with van der Waals surface area (Å²) in [5, 5.41) is 8.55. The summed E-state index contributed by atoms with van der Waals surface area (Å²) in [7, 11) is 0. The van der Waals surface area contributed by atoms with Crippen LogP contribution in [-0.2, 0) is 0 Å². The molecule has 146 valence electrons. The Kier molecular flexibility index (Phi) is 6.74. The predicted octanol–water partition coefficient (Wildman–Crippen LogP) is 5.14. The number of carbonyl (C=O) groups is 2. The van der Waals surface area contributed by atoms with Crippen molar-refractivity contribution in [2.24, 2.45) is 0 Å². The Morgan fingerprint density at radius 3 is 2.21 bits per heavy atom. The van der Waals surface area contributed by atoms with Crippen LogP contribution < -0.4 is 16.0 Å². The number of thiocarbonyl (C=S) groups is 1. The van der Waals surface area contributed by atoms with Crippen LogP contribution in [0.5, 0.6) is 0 Å². The van der Waals surface area contributed by atoms with E-state index in [2.05, 4.69) is 31.9 Å². The number of hydrogen-bond donors (Lipinski definition) is 3. The molecular formula is C22H18BrN3O2S. The summed E-state index contributed by atoms with van der Waals surface area (Å²) in [5.41, 5.74) is 3.30. The van der Waals surface area contributed by atoms with Gasteiger partial charge in [0.05, 0.1) is 0 Å². The van der Waals surface area contributed by atoms with Gasteiger partial charge in [-0.2, -0.15) is 0 Å². The summed E-state index contributed by atoms with van der Waals surface area (Å²) in [6.07, 6.45) is 0. The zero-order valence-electron chi connectivity index (χ0n) is 15.5. The first kappa shape index (κ1) is 20.7. The Hall–Kier alpha value is -3.03. The second-order valence-electron chi connectivity index (χ2n) is 6.27. The highest BCUT2D eigenvalue weighted by Gasteiger charge is 2.11. The van der Waals surface area contributed by atoms with Gasteiger partial charge in [-0.05, 0) is 67.2 Å². The van der Waals surface area contributed by atoms with Crippen molar-refractivity contribution in [3.05, 3.63) is 94.0 Å². The number of nitrogens with one attached hydrogen (secondary N) is 3. The molecule has 0 heterocycles. The summed E-state index contributed by atoms with van der Waals surface area (Å²) < 4.78 is 0.848. The van der Waals surface area contributed by atoms with Gasteiger partial charge >= 0.3 is 0 Å². The SMILES string of the molecule is Cc1ccc(C(=O)NC(=S)Nc2cccc(C(=O)Nc3ccccc3)c2)cc1Br. The average molecular weight is 468 g/mol. The molecule has 0 aliphatic rings. The molecule has 3 N–H and O–H groups in total. The zero-order valence-corrected chi connectivity index (χ0v) is 17.9. The van der Waals surface area contributed by atoms with Crippen LogP contribution in [0.1, 0.15) is 26.3 Å². The molecule has 0 radical (unpaired) electrons. The van der Waals surface area contributed by atoms with Gasteiger partial charge in [0.2, 0.25) is 0 Å². The van der Waals surface area contributed by atoms with Gasteiger partial charge < -0.3 is 10.6 Å². The van der Waals surface area contributed by atoms with E-state index in [4.69, 9.17) is 12.2 Å². The van der Waals surface area contributed by atoms with E-state index >= 15 is 0 Å². The maximum Gasteiger partial charge on any atom is 0.257 e. The summed E-state index contributed by atoms with van der Waals surface area (Å²) in [6, 6.07) is 21.4. The quantitative estimate of drug-likeness (QED) is 0.464. The molecule has 0 aromatic heterocycles. The lowest BCUT2D eigenvalue weighted by Crippen LogP contribution is -2.34. The van der Waals surface area contributed by atoms with Crippen LogP contribution in [0.4, 0.5) is 11.4 Å². The number of anilines is 2. The third-order valence-electron chi connectivity index (χ3n) is 4.08. The number of rotatable bonds is 4. The van der Waals surface area contributed by atoms with Crippen LogP contribution in [0.2, 0.25) is 0 Å². The van der Waals surface area contributed by atoms with Crippen molar-refractivity contribution in [1.82, 2.24) is 5.32 Å². The van der Waals surface area contributed by atoms with Crippen molar-refractivity contribution in [1.29, 1.82) is 0 Å². The van der Waals surface area contributed by atoms with Gasteiger partial charge in [0, 0.05) is 27.0 Å². The Labute approximate surface area is 182 Å². The van der Waals surface area contributed by atoms with Gasteiger partial charge in [-0.3, -0.25) is 14.9 Å². The molecule has 3 aromatic rings. The van der Waals surface area contributed by atoms with E-state index in [1.54, 1.807) is 36.4 Å². The zero-order chi connectivity index (χ0) is 20.8. The number of carbonyl (C=O) groups excluding carboxylic acids is 2. The number of amides is 2. The number of hydrogen-bond acceptors (Lipinski definition) is 3. The van der Waals surface area contributed by atoms with Crippen molar-refractivity contribution in [2.75, 3.05) is 10.6 Å². The standard InChI is InChI=1S/C22H18BrN3O2S/c1-14-10-11-16(13-19(14)23)21(28)26-22(29)25-18-9-5-6-15(12-18)20(27)24-17-7-3-2-4-8-17/h2-13H,1H3,(H,24,27)(H2,25,26,28,29). The second kappa shape index (κ2) is 9.45. The highest BCUT2D eigenvalue weighted by Crippen LogP contribution is 2.18. The first-order valence-corrected chi connectivity index (χ1v) is 9.97. The molecule has 0 bridgehead atoms. The van der Waals surface area contributed by atoms with E-state index in [0.29, 0.717) is 22.5 Å². The van der Waals surface area contributed by atoms with E-state index in [0.717, 1.165) is 10.0 Å². The Bertz CT molecular complexity index is 1070. The topological polar surface area (TPSA) is 70.2 Å². The lowest BCUT2D eigenvalue weighted by molar-refractivity contribution is 0.0976. The van der Waals surface area contributed by atoms with Crippen molar-refractivity contribution in [2.45, 2.75) is 6.92 Å². The van der Waals surface area contributed by atoms with Gasteiger partial charge in [0.25, 0.3) is 11.8 Å². The van der Waals surface area contributed by atoms with E-state index in [-0.39, 0.29) is 16.9 Å². The summed E-state index contributed by atoms with van der Waals surface area (Å²) >= 11 is 8.64. The fraction of sp³-hybridized carbons (Fsp3) is 0.0455. The lowest BCUT2D eigenvalue weighted by Gasteiger charge is -2.11. The van der Waals surface area contributed by atoms with Gasteiger partial charge in [0.1, 0.15) is 0 Å². The second-order valence-corrected chi connectivity index (χ2v) is 7.54. The number of halogens is 1. The molecular weight excluding hydrogens is 450 g/mol. The van der Waals surface area contributed by atoms with Crippen molar-refractivity contribution >= 4 is 56.4 Å². The molecule has 0 aliphatic heterocycles. The third-order valence-corrected chi connectivity index (χ3v) is 5.13. The smallest absolute Gasteiger partial charge is 0.257 e. The highest BCUT2D eigenvalue weighted by atomic mass is 79.9. The first-order chi connectivity index (χ1) is 13.9. The van der Waals surface area contributed by atoms with Crippen LogP contribution in [0, 0.1) is 6.92 Å². The fourth-order valence-corrected chi connectivity index (χ4v) is 3.12. The molecule has 0 saturated carbocycles. The normalized spacial score (nSPS) is 10.1. The minimum atomic E-state index is -0.318. The van der Waals surface area contributed by atoms with Crippen LogP contribution in [-0.4, -0.2) is 16.9 Å². The predicted molar refractivity (Wildman–Crippen MR) is 123 cm³/mol. The molecule has 3 aromatic carbocycles. The number of benzene rings is 3. The van der Waals surface area contributed by atoms with Crippen molar-refractivity contribution in [3.8, 4) is 0 Å². The Morgan fingerprint density at radius 1 is 0.793 bits per heavy atom. The van der Waals surface area contributed by atoms with E-state index < -0.39 is 0 Å². The molecule has 0 atom stereocenters. The number of aryl methyl sites for hydroxylation is 1. The van der Waals surface area contributed by atoms with E-state index in [9.17, 15) is 9.59 Å². The molecule has 5 nitrogen and oxygen atoms in total. The van der Waals surface area contributed by atoms with Crippen molar-refractivity contribution in [3.63, 3.8) is 0 Å². The van der Waals surface area contributed by atoms with E-state index in [1.165, 1.54) is 0 Å². The summed E-state index contributed by atoms with van der Waals surface area (Å²) in [5.74, 6) is -0.555. The Morgan fingerprint density at radius 2 is 1.48 bits per heavy atom. The van der Waals surface area contributed by atoms with Gasteiger partial charge in [-0.25, -0.2) is 0 Å². The van der Waals surface area contributed by atoms with Crippen LogP contribution >= 0.6 is 28.1 Å². The average Bonchev–Trinajstić information content (AvgIpc) is 2.71. The monoisotopic (exact) mass is 467 g/mol. The molecule has 0 spiro atoms. The minimum Gasteiger partial charge on any atom is -0.332 e. The molecule has 7 heteroatoms. The van der Waals surface area contributed by atoms with Crippen LogP contribution in [0.15, 0.2) is 77.3 Å². The van der Waals surface area contributed by atoms with Gasteiger partial charge in [0.15, 0.2) is 5.11 Å². The van der Waals surface area contributed by atoms with Gasteiger partial charge in [-0.1, -0.05) is 46.3 Å². The molecule has 0 unspecified atom stereocenters. The maximum absolute atomic E-state index is 12.4. The largest absolute Gasteiger partial charge is 0.332 e. The number of para-hydroxylation sites is 1. The van der Waals surface area contributed by atoms with Crippen molar-refractivity contribution < 1.29 is 9.59 Å². The molecule has 0 saturated heterocycles. The molecule has 0 aliphatic carbocycles. The van der Waals surface area contributed by atoms with Crippen LogP contribution in [0.3, 0.4) is 0 Å². The Balaban J connectivity index is 1.63. The van der Waals surface area contributed by atoms with E-state index in [1.807, 2.05) is 43.3 Å². The molecule has 0 fully saturated rings. The maximum atomic E-state index is 12.4. The summed E-state index contributed by atoms with van der Waals surface area (Å²) in [6.45, 7) is 1.94. The first-order valence-electron chi connectivity index (χ1n) is 8.77. The highest BCUT2D eigenvalue weighted by molar-refractivity contribution is 9.10. The lowest BCUT2D eigenvalue weighted by atomic mass is 10.1. The van der Waals surface area contributed by atoms with Gasteiger partial charge in [-0.15, -0.1) is 0 Å². The third kappa shape index (κ3) is 5.73. The molecule has 3 rings (SSSR count).